The van der Waals surface area contributed by atoms with Gasteiger partial charge in [-0.15, -0.1) is 0 Å². The van der Waals surface area contributed by atoms with Crippen molar-refractivity contribution < 1.29 is 4.79 Å². The van der Waals surface area contributed by atoms with Gasteiger partial charge in [0.1, 0.15) is 5.02 Å². The van der Waals surface area contributed by atoms with Gasteiger partial charge in [-0.3, -0.25) is 14.5 Å². The molecule has 1 aromatic rings. The number of rotatable bonds is 5. The van der Waals surface area contributed by atoms with Crippen LogP contribution in [0.4, 0.5) is 0 Å². The molecule has 1 amide bonds. The predicted octanol–water partition coefficient (Wildman–Crippen LogP) is 1.88. The van der Waals surface area contributed by atoms with Crippen LogP contribution in [0.15, 0.2) is 17.1 Å². The van der Waals surface area contributed by atoms with Crippen LogP contribution in [0.1, 0.15) is 37.0 Å². The molecular weight excluding hydrogens is 290 g/mol. The molecule has 21 heavy (non-hydrogen) atoms. The van der Waals surface area contributed by atoms with Gasteiger partial charge in [0.05, 0.1) is 5.56 Å². The van der Waals surface area contributed by atoms with Crippen molar-refractivity contribution >= 4 is 17.5 Å². The number of carbonyl (C=O) groups excluding carboxylic acids is 1. The van der Waals surface area contributed by atoms with E-state index in [9.17, 15) is 9.59 Å². The van der Waals surface area contributed by atoms with Crippen molar-refractivity contribution in [2.24, 2.45) is 5.92 Å². The number of hydrogen-bond donors (Lipinski definition) is 2. The van der Waals surface area contributed by atoms with Gasteiger partial charge < -0.3 is 10.3 Å². The first-order chi connectivity index (χ1) is 9.99. The summed E-state index contributed by atoms with van der Waals surface area (Å²) in [5.41, 5.74) is -0.00568. The van der Waals surface area contributed by atoms with Crippen LogP contribution in [0.25, 0.3) is 0 Å². The van der Waals surface area contributed by atoms with Gasteiger partial charge in [-0.2, -0.15) is 0 Å². The molecule has 2 heterocycles. The third kappa shape index (κ3) is 4.08. The molecule has 0 saturated carbocycles. The topological polar surface area (TPSA) is 65.2 Å². The number of aromatic amines is 1. The molecule has 1 aromatic heterocycles. The van der Waals surface area contributed by atoms with Crippen LogP contribution in [0.2, 0.25) is 5.02 Å². The van der Waals surface area contributed by atoms with Gasteiger partial charge in [0.15, 0.2) is 0 Å². The average molecular weight is 312 g/mol. The molecule has 2 rings (SSSR count). The van der Waals surface area contributed by atoms with Crippen molar-refractivity contribution in [3.8, 4) is 0 Å². The van der Waals surface area contributed by atoms with Crippen molar-refractivity contribution in [1.82, 2.24) is 15.2 Å². The van der Waals surface area contributed by atoms with E-state index in [0.29, 0.717) is 24.1 Å². The largest absolute Gasteiger partial charge is 0.350 e. The quantitative estimate of drug-likeness (QED) is 0.872. The Labute approximate surface area is 129 Å². The molecule has 1 fully saturated rings. The first-order valence-corrected chi connectivity index (χ1v) is 7.77. The van der Waals surface area contributed by atoms with Gasteiger partial charge in [0.25, 0.3) is 11.5 Å². The summed E-state index contributed by atoms with van der Waals surface area (Å²) in [4.78, 5) is 28.2. The number of amides is 1. The van der Waals surface area contributed by atoms with E-state index in [4.69, 9.17) is 11.6 Å². The fourth-order valence-corrected chi connectivity index (χ4v) is 2.92. The van der Waals surface area contributed by atoms with Crippen molar-refractivity contribution in [2.45, 2.75) is 32.7 Å². The van der Waals surface area contributed by atoms with Crippen molar-refractivity contribution in [1.29, 1.82) is 0 Å². The number of hydrogen-bond acceptors (Lipinski definition) is 3. The maximum absolute atomic E-state index is 12.1. The zero-order chi connectivity index (χ0) is 15.4. The molecule has 0 aromatic carbocycles. The highest BCUT2D eigenvalue weighted by Gasteiger charge is 2.25. The van der Waals surface area contributed by atoms with E-state index in [0.717, 1.165) is 13.1 Å². The normalized spacial score (nSPS) is 17.1. The van der Waals surface area contributed by atoms with Gasteiger partial charge >= 0.3 is 0 Å². The maximum atomic E-state index is 12.1. The lowest BCUT2D eigenvalue weighted by atomic mass is 10.0. The second-order valence-electron chi connectivity index (χ2n) is 5.83. The lowest BCUT2D eigenvalue weighted by molar-refractivity contribution is 0.0927. The molecule has 0 aliphatic carbocycles. The molecule has 1 aliphatic heterocycles. The SMILES string of the molecule is CC(C)C(CNC(=O)c1c[nH]c(=O)c(Cl)c1)N1CCCC1. The zero-order valence-electron chi connectivity index (χ0n) is 12.5. The Hall–Kier alpha value is -1.33. The van der Waals surface area contributed by atoms with Crippen LogP contribution in [0.3, 0.4) is 0 Å². The third-order valence-electron chi connectivity index (χ3n) is 3.97. The number of likely N-dealkylation sites (tertiary alicyclic amines) is 1. The van der Waals surface area contributed by atoms with Crippen LogP contribution in [0.5, 0.6) is 0 Å². The van der Waals surface area contributed by atoms with Gasteiger partial charge in [-0.05, 0) is 37.9 Å². The Balaban J connectivity index is 1.97. The van der Waals surface area contributed by atoms with Crippen LogP contribution in [-0.4, -0.2) is 41.5 Å². The number of carbonyl (C=O) groups is 1. The number of H-pyrrole nitrogens is 1. The van der Waals surface area contributed by atoms with Crippen LogP contribution >= 0.6 is 11.6 Å². The van der Waals surface area contributed by atoms with Crippen molar-refractivity contribution in [2.75, 3.05) is 19.6 Å². The fraction of sp³-hybridized carbons (Fsp3) is 0.600. The summed E-state index contributed by atoms with van der Waals surface area (Å²) in [5.74, 6) is 0.264. The van der Waals surface area contributed by atoms with E-state index in [1.165, 1.54) is 25.1 Å². The van der Waals surface area contributed by atoms with Crippen LogP contribution < -0.4 is 10.9 Å². The molecule has 0 radical (unpaired) electrons. The molecule has 1 aliphatic rings. The summed E-state index contributed by atoms with van der Waals surface area (Å²) in [5, 5.41) is 2.97. The van der Waals surface area contributed by atoms with E-state index in [1.54, 1.807) is 0 Å². The van der Waals surface area contributed by atoms with E-state index in [1.807, 2.05) is 0 Å². The van der Waals surface area contributed by atoms with Crippen LogP contribution in [0, 0.1) is 5.92 Å². The average Bonchev–Trinajstić information content (AvgIpc) is 2.95. The minimum atomic E-state index is -0.384. The summed E-state index contributed by atoms with van der Waals surface area (Å²) >= 11 is 5.74. The van der Waals surface area contributed by atoms with Gasteiger partial charge in [-0.1, -0.05) is 25.4 Å². The monoisotopic (exact) mass is 311 g/mol. The molecule has 0 bridgehead atoms. The third-order valence-corrected chi connectivity index (χ3v) is 4.25. The Morgan fingerprint density at radius 2 is 2.10 bits per heavy atom. The van der Waals surface area contributed by atoms with Crippen molar-refractivity contribution in [3.05, 3.63) is 33.2 Å². The highest BCUT2D eigenvalue weighted by Crippen LogP contribution is 2.17. The molecule has 2 N–H and O–H groups in total. The predicted molar refractivity (Wildman–Crippen MR) is 83.8 cm³/mol. The van der Waals surface area contributed by atoms with E-state index >= 15 is 0 Å². The zero-order valence-corrected chi connectivity index (χ0v) is 13.2. The molecular formula is C15H22ClN3O2. The van der Waals surface area contributed by atoms with Gasteiger partial charge in [0.2, 0.25) is 0 Å². The Morgan fingerprint density at radius 3 is 2.67 bits per heavy atom. The Kier molecular flexibility index (Phi) is 5.42. The lowest BCUT2D eigenvalue weighted by Gasteiger charge is -2.31. The molecule has 5 nitrogen and oxygen atoms in total. The fourth-order valence-electron chi connectivity index (χ4n) is 2.75. The Morgan fingerprint density at radius 1 is 1.43 bits per heavy atom. The molecule has 1 unspecified atom stereocenters. The molecule has 0 spiro atoms. The van der Waals surface area contributed by atoms with Gasteiger partial charge in [0, 0.05) is 18.8 Å². The first kappa shape index (κ1) is 16.0. The highest BCUT2D eigenvalue weighted by molar-refractivity contribution is 6.30. The highest BCUT2D eigenvalue weighted by atomic mass is 35.5. The van der Waals surface area contributed by atoms with E-state index in [-0.39, 0.29) is 16.5 Å². The Bertz CT molecular complexity index is 550. The lowest BCUT2D eigenvalue weighted by Crippen LogP contribution is -2.45. The summed E-state index contributed by atoms with van der Waals surface area (Å²) in [6, 6.07) is 1.74. The number of aromatic nitrogens is 1. The number of nitrogens with zero attached hydrogens (tertiary/aromatic N) is 1. The molecule has 1 atom stereocenters. The smallest absolute Gasteiger partial charge is 0.266 e. The molecule has 6 heteroatoms. The minimum absolute atomic E-state index is 0.0302. The summed E-state index contributed by atoms with van der Waals surface area (Å²) < 4.78 is 0. The summed E-state index contributed by atoms with van der Waals surface area (Å²) in [6.07, 6.45) is 3.85. The number of pyridine rings is 1. The van der Waals surface area contributed by atoms with Gasteiger partial charge in [-0.25, -0.2) is 0 Å². The molecule has 116 valence electrons. The standard InChI is InChI=1S/C15H22ClN3O2/c1-10(2)13(19-5-3-4-6-19)9-18-14(20)11-7-12(16)15(21)17-8-11/h7-8,10,13H,3-6,9H2,1-2H3,(H,17,21)(H,18,20). The van der Waals surface area contributed by atoms with Crippen molar-refractivity contribution in [3.63, 3.8) is 0 Å². The minimum Gasteiger partial charge on any atom is -0.350 e. The van der Waals surface area contributed by atoms with E-state index in [2.05, 4.69) is 29.0 Å². The maximum Gasteiger partial charge on any atom is 0.266 e. The number of nitrogens with one attached hydrogen (secondary N) is 2. The second-order valence-corrected chi connectivity index (χ2v) is 6.24. The summed E-state index contributed by atoms with van der Waals surface area (Å²) in [7, 11) is 0. The molecule has 1 saturated heterocycles. The second kappa shape index (κ2) is 7.09. The summed E-state index contributed by atoms with van der Waals surface area (Å²) in [6.45, 7) is 7.15. The van der Waals surface area contributed by atoms with E-state index < -0.39 is 0 Å². The van der Waals surface area contributed by atoms with Crippen LogP contribution in [-0.2, 0) is 0 Å². The first-order valence-electron chi connectivity index (χ1n) is 7.39. The number of halogens is 1.